The molecule has 0 saturated carbocycles. The van der Waals surface area contributed by atoms with Crippen LogP contribution >= 0.6 is 31.9 Å². The fourth-order valence-corrected chi connectivity index (χ4v) is 17.4. The molecule has 4 aliphatic rings. The zero-order chi connectivity index (χ0) is 98.6. The number of amides is 5. The zero-order valence-corrected chi connectivity index (χ0v) is 80.3. The van der Waals surface area contributed by atoms with Crippen molar-refractivity contribution in [3.63, 3.8) is 0 Å². The molecule has 0 spiro atoms. The van der Waals surface area contributed by atoms with Gasteiger partial charge in [0.1, 0.15) is 51.4 Å². The maximum atomic E-state index is 13.5. The van der Waals surface area contributed by atoms with E-state index in [1.807, 2.05) is 125 Å². The number of cyclic esters (lactones) is 4. The summed E-state index contributed by atoms with van der Waals surface area (Å²) < 4.78 is 93.2. The number of esters is 2. The monoisotopic (exact) mass is 2030 g/mol. The Labute approximate surface area is 826 Å². The molecule has 7 heterocycles. The molecule has 3 aromatic heterocycles. The van der Waals surface area contributed by atoms with Crippen molar-refractivity contribution in [2.45, 2.75) is 152 Å². The molecule has 34 heteroatoms. The summed E-state index contributed by atoms with van der Waals surface area (Å²) in [6, 6.07) is 59.5. The van der Waals surface area contributed by atoms with E-state index in [-0.39, 0.29) is 107 Å². The molecule has 4 saturated heterocycles. The number of carbonyl (C=O) groups excluding carboxylic acids is 7. The number of primary amides is 1. The number of hydrogen-bond donors (Lipinski definition) is 5. The molecule has 8 atom stereocenters. The molecule has 728 valence electrons. The summed E-state index contributed by atoms with van der Waals surface area (Å²) in [6.45, 7) is 13.6. The van der Waals surface area contributed by atoms with Gasteiger partial charge in [-0.2, -0.15) is 0 Å². The van der Waals surface area contributed by atoms with Gasteiger partial charge in [-0.15, -0.1) is 6.58 Å². The Morgan fingerprint density at radius 2 is 0.705 bits per heavy atom. The zero-order valence-electron chi connectivity index (χ0n) is 77.1. The topological polar surface area (TPSA) is 343 Å². The Morgan fingerprint density at radius 1 is 0.432 bits per heavy atom. The number of hydrogen-bond acceptors (Lipinski definition) is 21. The molecule has 4 fully saturated rings. The van der Waals surface area contributed by atoms with Crippen molar-refractivity contribution in [2.75, 3.05) is 60.2 Å². The van der Waals surface area contributed by atoms with Gasteiger partial charge in [-0.05, 0) is 213 Å². The van der Waals surface area contributed by atoms with Crippen molar-refractivity contribution in [1.29, 1.82) is 0 Å². The van der Waals surface area contributed by atoms with E-state index >= 15 is 0 Å². The fourth-order valence-electron chi connectivity index (χ4n) is 16.9. The van der Waals surface area contributed by atoms with E-state index in [9.17, 15) is 66.4 Å². The lowest BCUT2D eigenvalue weighted by Crippen LogP contribution is -2.48. The summed E-state index contributed by atoms with van der Waals surface area (Å²) in [5, 5.41) is 36.3. The highest BCUT2D eigenvalue weighted by molar-refractivity contribution is 9.10. The fraction of sp³-hybridized carbons (Fsp3) is 0.314. The van der Waals surface area contributed by atoms with Gasteiger partial charge < -0.3 is 78.8 Å². The number of methoxy groups -OCH3 is 2. The minimum atomic E-state index is -0.898. The maximum Gasteiger partial charge on any atom is 0.569 e. The maximum absolute atomic E-state index is 13.5. The number of nitrogens with zero attached hydrogens (tertiary/aromatic N) is 7. The van der Waals surface area contributed by atoms with Gasteiger partial charge in [-0.3, -0.25) is 19.7 Å². The summed E-state index contributed by atoms with van der Waals surface area (Å²) in [7, 11) is 3.11. The predicted molar refractivity (Wildman–Crippen MR) is 525 cm³/mol. The van der Waals surface area contributed by atoms with Crippen LogP contribution in [0.2, 0.25) is 0 Å². The highest BCUT2D eigenvalue weighted by Crippen LogP contribution is 2.46. The second-order valence-electron chi connectivity index (χ2n) is 33.2. The number of ether oxygens (including phenoxy) is 6. The molecular formula is C105H112B2Br2F4N8O18. The van der Waals surface area contributed by atoms with Crippen LogP contribution in [0.5, 0.6) is 5.75 Å². The highest BCUT2D eigenvalue weighted by Gasteiger charge is 2.48. The molecule has 0 unspecified atom stereocenters. The van der Waals surface area contributed by atoms with Crippen LogP contribution in [0, 0.1) is 23.3 Å². The molecule has 4 aliphatic heterocycles. The van der Waals surface area contributed by atoms with Gasteiger partial charge in [0.25, 0.3) is 0 Å². The highest BCUT2D eigenvalue weighted by atomic mass is 79.9. The van der Waals surface area contributed by atoms with E-state index in [2.05, 4.69) is 62.8 Å². The van der Waals surface area contributed by atoms with Crippen molar-refractivity contribution < 1.29 is 105 Å². The van der Waals surface area contributed by atoms with Crippen molar-refractivity contribution >= 4 is 90.2 Å². The van der Waals surface area contributed by atoms with Crippen molar-refractivity contribution in [2.24, 2.45) is 5.73 Å². The average Bonchev–Trinajstić information content (AvgIpc) is 0.783. The Balaban J connectivity index is 0.000000199. The number of halogens is 6. The molecule has 11 aromatic rings. The number of aliphatic hydroxyl groups excluding tert-OH is 3. The second-order valence-corrected chi connectivity index (χ2v) is 35.0. The summed E-state index contributed by atoms with van der Waals surface area (Å²) in [5.41, 5.74) is 13.1. The molecule has 0 bridgehead atoms. The standard InChI is InChI=1S/C28H29FN2O5.C27H28FN3O4.C21H23BrFNO3.C21H21BrFNO2.C7H7BNO4.CH4.B/c1-19(20-4-6-21(7-5-20)22-16-23(18-30-17-22)26(33)35-2)31-14-13-28(12-3-15-32,36-27(31)34)24-8-10-25(29)11-9-24;1-18(19-3-5-20(6-4-19)21-15-22(25(29)33)17-30-16-21)31-13-12-27(11-2-14-32,35-26(31)34)23-7-9-24(28)10-8-23;1-15(16-3-7-18(22)8-4-16)24-13-12-21(11-2-14-25,27-20(24)26)17-5-9-19(23)10-6-17;1-3-12-21(17-6-10-19(23)11-7-17)13-14-24(20(25)26-21)15(2)16-4-8-18(22)9-5-16;1-12-7(10)5-2-6(13-8-11)4-9-3-5;;/h4-11,16-19,32H,3,12-15H2,1-2H3;3-10,15-18,32H,2,11-14H2,1H3,(H2,29,33);3-10,15,25H,2,11-14H2,1H3;3-11,15H,1,12-14H2,2H3;2-4,11H,1H3;1H4;/t19-,28+;18-,27+;2*15-,21+;;;/m0000.../s1. The van der Waals surface area contributed by atoms with Crippen LogP contribution < -0.4 is 10.4 Å². The number of benzene rings is 8. The molecular weight excluding hydrogens is 1920 g/mol. The van der Waals surface area contributed by atoms with E-state index in [0.717, 1.165) is 75.7 Å². The van der Waals surface area contributed by atoms with Gasteiger partial charge in [0.15, 0.2) is 0 Å². The molecule has 8 aromatic carbocycles. The molecule has 26 nitrogen and oxygen atoms in total. The van der Waals surface area contributed by atoms with Crippen LogP contribution in [-0.4, -0.2) is 173 Å². The van der Waals surface area contributed by atoms with E-state index in [1.54, 1.807) is 98.7 Å². The average molecular weight is 2030 g/mol. The SMILES string of the molecule is C.C=CC[C@]1(c2ccc(F)cc2)CCN([C@@H](C)c2ccc(Br)cc2)C(=O)O1.COC(=O)c1cncc(-c2ccc([C@H](C)N3CC[C@](CCCO)(c4ccc(F)cc4)OC3=O)cc2)c1.COC(=O)c1cncc(O[B]O)c1.C[C@@H](c1ccc(-c2cncc(C(N)=O)c2)cc1)N1CC[C@](CCCO)(c2ccc(F)cc2)OC1=O.C[C@@H](c1ccc(Br)cc1)N1CC[C@](CCCO)(c2ccc(F)cc2)OC1=O.[B]. The molecule has 4 radical (unpaired) electrons. The first kappa shape index (κ1) is 110. The Hall–Kier alpha value is -13.1. The minimum absolute atomic E-state index is 0. The normalized spacial score (nSPS) is 18.4. The van der Waals surface area contributed by atoms with E-state index in [4.69, 9.17) is 34.4 Å². The first-order valence-corrected chi connectivity index (χ1v) is 46.1. The Bertz CT molecular complexity index is 5910. The first-order chi connectivity index (χ1) is 65.9. The summed E-state index contributed by atoms with van der Waals surface area (Å²) in [4.78, 5) is 105. The van der Waals surface area contributed by atoms with Crippen LogP contribution in [0.1, 0.15) is 205 Å². The van der Waals surface area contributed by atoms with E-state index < -0.39 is 52.4 Å². The van der Waals surface area contributed by atoms with E-state index in [0.29, 0.717) is 116 Å². The molecule has 5 amide bonds. The summed E-state index contributed by atoms with van der Waals surface area (Å²) >= 11 is 6.84. The summed E-state index contributed by atoms with van der Waals surface area (Å²) in [5.74, 6) is -2.58. The summed E-state index contributed by atoms with van der Waals surface area (Å²) in [6.07, 6.45) is 14.6. The number of aliphatic hydroxyl groups is 3. The quantitative estimate of drug-likeness (QED) is 0.00918. The third-order valence-electron chi connectivity index (χ3n) is 24.8. The van der Waals surface area contributed by atoms with Crippen LogP contribution in [0.4, 0.5) is 36.7 Å². The van der Waals surface area contributed by atoms with Gasteiger partial charge in [-0.1, -0.05) is 167 Å². The van der Waals surface area contributed by atoms with Crippen LogP contribution in [0.15, 0.2) is 271 Å². The number of nitrogens with two attached hydrogens (primary N) is 1. The van der Waals surface area contributed by atoms with Crippen LogP contribution in [0.25, 0.3) is 22.3 Å². The molecule has 15 rings (SSSR count). The van der Waals surface area contributed by atoms with Gasteiger partial charge in [0.05, 0.1) is 61.3 Å². The van der Waals surface area contributed by atoms with Gasteiger partial charge in [0.2, 0.25) is 5.91 Å². The number of rotatable bonds is 30. The lowest BCUT2D eigenvalue weighted by Gasteiger charge is -2.43. The molecule has 6 N–H and O–H groups in total. The first-order valence-electron chi connectivity index (χ1n) is 44.5. The van der Waals surface area contributed by atoms with E-state index in [1.165, 1.54) is 93.6 Å². The van der Waals surface area contributed by atoms with Gasteiger partial charge >= 0.3 is 44.0 Å². The number of aromatic nitrogens is 3. The lowest BCUT2D eigenvalue weighted by molar-refractivity contribution is -0.0685. The molecule has 139 heavy (non-hydrogen) atoms. The van der Waals surface area contributed by atoms with Gasteiger partial charge in [0, 0.05) is 138 Å². The van der Waals surface area contributed by atoms with Crippen LogP contribution in [-0.2, 0) is 50.8 Å². The Morgan fingerprint density at radius 3 is 0.993 bits per heavy atom. The number of carbonyl (C=O) groups is 7. The van der Waals surface area contributed by atoms with Crippen molar-refractivity contribution in [1.82, 2.24) is 34.6 Å². The number of pyridine rings is 3. The van der Waals surface area contributed by atoms with Crippen molar-refractivity contribution in [3.05, 3.63) is 356 Å². The third kappa shape index (κ3) is 28.1. The third-order valence-corrected chi connectivity index (χ3v) is 25.9. The second kappa shape index (κ2) is 51.5. The van der Waals surface area contributed by atoms with Crippen LogP contribution in [0.3, 0.4) is 0 Å². The smallest absolute Gasteiger partial charge is 0.536 e. The molecule has 0 aliphatic carbocycles. The lowest BCUT2D eigenvalue weighted by atomic mass is 9.84. The van der Waals surface area contributed by atoms with Gasteiger partial charge in [-0.25, -0.2) is 46.3 Å². The predicted octanol–water partition coefficient (Wildman–Crippen LogP) is 21.0. The Kier molecular flexibility index (Phi) is 40.6. The minimum Gasteiger partial charge on any atom is -0.536 e. The van der Waals surface area contributed by atoms with Crippen molar-refractivity contribution in [3.8, 4) is 28.0 Å². The largest absolute Gasteiger partial charge is 0.569 e.